The van der Waals surface area contributed by atoms with Crippen LogP contribution in [-0.4, -0.2) is 91.3 Å². The van der Waals surface area contributed by atoms with Crippen molar-refractivity contribution < 1.29 is 18.0 Å². The van der Waals surface area contributed by atoms with Gasteiger partial charge in [-0.1, -0.05) is 6.42 Å². The van der Waals surface area contributed by atoms with Gasteiger partial charge in [0, 0.05) is 59.1 Å². The molecule has 2 amide bonds. The van der Waals surface area contributed by atoms with Gasteiger partial charge in [-0.25, -0.2) is 8.42 Å². The summed E-state index contributed by atoms with van der Waals surface area (Å²) >= 11 is 0. The Morgan fingerprint density at radius 1 is 1.00 bits per heavy atom. The lowest BCUT2D eigenvalue weighted by Crippen LogP contribution is -2.40. The number of piperidine rings is 1. The first-order valence-electron chi connectivity index (χ1n) is 10.8. The first-order valence-corrected chi connectivity index (χ1v) is 12.2. The fraction of sp³-hybridized carbons (Fsp3) is 0.700. The number of hydrogen-bond donors (Lipinski definition) is 1. The van der Waals surface area contributed by atoms with E-state index in [1.54, 1.807) is 16.5 Å². The molecule has 1 aromatic rings. The molecule has 2 aliphatic heterocycles. The molecule has 30 heavy (non-hydrogen) atoms. The predicted molar refractivity (Wildman–Crippen MR) is 114 cm³/mol. The van der Waals surface area contributed by atoms with E-state index in [0.29, 0.717) is 51.5 Å². The molecule has 2 fully saturated rings. The van der Waals surface area contributed by atoms with Crippen LogP contribution >= 0.6 is 0 Å². The fourth-order valence-electron chi connectivity index (χ4n) is 4.09. The van der Waals surface area contributed by atoms with Gasteiger partial charge >= 0.3 is 0 Å². The van der Waals surface area contributed by atoms with Gasteiger partial charge < -0.3 is 14.8 Å². The van der Waals surface area contributed by atoms with E-state index in [9.17, 15) is 18.0 Å². The van der Waals surface area contributed by atoms with Crippen molar-refractivity contribution in [1.82, 2.24) is 24.0 Å². The molecule has 0 radical (unpaired) electrons. The lowest BCUT2D eigenvalue weighted by molar-refractivity contribution is -0.122. The van der Waals surface area contributed by atoms with Crippen molar-refractivity contribution >= 4 is 21.8 Å². The molecule has 168 valence electrons. The minimum absolute atomic E-state index is 0.00716. The van der Waals surface area contributed by atoms with Crippen molar-refractivity contribution in [3.05, 3.63) is 18.0 Å². The molecule has 3 heterocycles. The van der Waals surface area contributed by atoms with Gasteiger partial charge in [0.25, 0.3) is 5.91 Å². The number of aryl methyl sites for hydroxylation is 1. The molecular formula is C20H33N5O4S. The Morgan fingerprint density at radius 2 is 1.73 bits per heavy atom. The van der Waals surface area contributed by atoms with Crippen LogP contribution in [0, 0.1) is 0 Å². The number of sulfonamides is 1. The second-order valence-electron chi connectivity index (χ2n) is 8.01. The predicted octanol–water partition coefficient (Wildman–Crippen LogP) is 0.484. The Bertz CT molecular complexity index is 861. The highest BCUT2D eigenvalue weighted by Crippen LogP contribution is 2.23. The van der Waals surface area contributed by atoms with Gasteiger partial charge in [0.15, 0.2) is 0 Å². The standard InChI is InChI=1S/C20H33N5O4S/c1-3-21-19(26)16-23-8-7-9-24(13-12-23)20(27)18-14-17(15-22(18)2)30(28,29)25-10-5-4-6-11-25/h14-15H,3-13,16H2,1-2H3,(H,21,26). The van der Waals surface area contributed by atoms with E-state index in [1.807, 2.05) is 6.92 Å². The molecule has 2 aliphatic rings. The minimum atomic E-state index is -3.57. The number of carbonyl (C=O) groups excluding carboxylic acids is 2. The molecule has 0 aromatic carbocycles. The van der Waals surface area contributed by atoms with E-state index in [4.69, 9.17) is 0 Å². The van der Waals surface area contributed by atoms with Crippen molar-refractivity contribution in [2.24, 2.45) is 7.05 Å². The largest absolute Gasteiger partial charge is 0.355 e. The van der Waals surface area contributed by atoms with Gasteiger partial charge in [-0.2, -0.15) is 4.31 Å². The SMILES string of the molecule is CCNC(=O)CN1CCCN(C(=O)c2cc(S(=O)(=O)N3CCCCC3)cn2C)CC1. The van der Waals surface area contributed by atoms with Gasteiger partial charge in [0.05, 0.1) is 6.54 Å². The molecule has 0 spiro atoms. The fourth-order valence-corrected chi connectivity index (χ4v) is 5.68. The lowest BCUT2D eigenvalue weighted by atomic mass is 10.2. The molecule has 0 unspecified atom stereocenters. The summed E-state index contributed by atoms with van der Waals surface area (Å²) in [7, 11) is -1.86. The van der Waals surface area contributed by atoms with E-state index in [1.165, 1.54) is 16.6 Å². The number of carbonyl (C=O) groups is 2. The summed E-state index contributed by atoms with van der Waals surface area (Å²) in [5, 5.41) is 2.80. The summed E-state index contributed by atoms with van der Waals surface area (Å²) in [5.74, 6) is -0.176. The Balaban J connectivity index is 1.68. The number of nitrogens with zero attached hydrogens (tertiary/aromatic N) is 4. The average molecular weight is 440 g/mol. The highest BCUT2D eigenvalue weighted by Gasteiger charge is 2.30. The Labute approximate surface area is 179 Å². The summed E-state index contributed by atoms with van der Waals surface area (Å²) < 4.78 is 29.0. The lowest BCUT2D eigenvalue weighted by Gasteiger charge is -2.25. The zero-order valence-corrected chi connectivity index (χ0v) is 18.8. The third kappa shape index (κ3) is 5.22. The van der Waals surface area contributed by atoms with Crippen LogP contribution in [0.5, 0.6) is 0 Å². The topological polar surface area (TPSA) is 95.0 Å². The third-order valence-corrected chi connectivity index (χ3v) is 7.63. The first kappa shape index (κ1) is 22.8. The van der Waals surface area contributed by atoms with E-state index in [0.717, 1.165) is 32.2 Å². The molecule has 0 bridgehead atoms. The number of rotatable bonds is 6. The Kier molecular flexibility index (Phi) is 7.54. The number of likely N-dealkylation sites (N-methyl/N-ethyl adjacent to an activating group) is 1. The molecule has 9 nitrogen and oxygen atoms in total. The van der Waals surface area contributed by atoms with Crippen LogP contribution < -0.4 is 5.32 Å². The number of amides is 2. The van der Waals surface area contributed by atoms with Gasteiger partial charge in [-0.15, -0.1) is 0 Å². The van der Waals surface area contributed by atoms with Crippen molar-refractivity contribution in [1.29, 1.82) is 0 Å². The molecule has 0 aliphatic carbocycles. The molecule has 3 rings (SSSR count). The first-order chi connectivity index (χ1) is 14.3. The maximum atomic E-state index is 13.1. The molecule has 1 aromatic heterocycles. The molecule has 1 N–H and O–H groups in total. The van der Waals surface area contributed by atoms with Crippen LogP contribution in [-0.2, 0) is 21.9 Å². The van der Waals surface area contributed by atoms with Crippen molar-refractivity contribution in [3.63, 3.8) is 0 Å². The van der Waals surface area contributed by atoms with Gasteiger partial charge in [0.1, 0.15) is 10.6 Å². The zero-order valence-electron chi connectivity index (χ0n) is 18.0. The maximum absolute atomic E-state index is 13.1. The Morgan fingerprint density at radius 3 is 2.43 bits per heavy atom. The molecule has 10 heteroatoms. The summed E-state index contributed by atoms with van der Waals surface area (Å²) in [4.78, 5) is 28.9. The second-order valence-corrected chi connectivity index (χ2v) is 9.95. The number of nitrogens with one attached hydrogen (secondary N) is 1. The average Bonchev–Trinajstić information content (AvgIpc) is 2.98. The van der Waals surface area contributed by atoms with Crippen LogP contribution in [0.15, 0.2) is 17.2 Å². The van der Waals surface area contributed by atoms with Gasteiger partial charge in [0.2, 0.25) is 15.9 Å². The quantitative estimate of drug-likeness (QED) is 0.696. The molecule has 2 saturated heterocycles. The molecular weight excluding hydrogens is 406 g/mol. The summed E-state index contributed by atoms with van der Waals surface area (Å²) in [6.45, 7) is 6.37. The highest BCUT2D eigenvalue weighted by atomic mass is 32.2. The summed E-state index contributed by atoms with van der Waals surface area (Å²) in [6, 6.07) is 1.50. The Hall–Kier alpha value is -1.91. The van der Waals surface area contributed by atoms with Crippen molar-refractivity contribution in [2.75, 3.05) is 52.4 Å². The van der Waals surface area contributed by atoms with Crippen LogP contribution in [0.3, 0.4) is 0 Å². The molecule has 0 saturated carbocycles. The normalized spacial score (nSPS) is 19.5. The number of hydrogen-bond acceptors (Lipinski definition) is 5. The second kappa shape index (κ2) is 9.93. The van der Waals surface area contributed by atoms with E-state index >= 15 is 0 Å². The summed E-state index contributed by atoms with van der Waals surface area (Å²) in [5.41, 5.74) is 0.378. The van der Waals surface area contributed by atoms with E-state index < -0.39 is 10.0 Å². The zero-order chi connectivity index (χ0) is 21.7. The van der Waals surface area contributed by atoms with Crippen molar-refractivity contribution in [2.45, 2.75) is 37.5 Å². The number of aromatic nitrogens is 1. The third-order valence-electron chi connectivity index (χ3n) is 5.77. The smallest absolute Gasteiger partial charge is 0.270 e. The summed E-state index contributed by atoms with van der Waals surface area (Å²) in [6.07, 6.45) is 5.11. The van der Waals surface area contributed by atoms with Crippen LogP contribution in [0.2, 0.25) is 0 Å². The van der Waals surface area contributed by atoms with E-state index in [2.05, 4.69) is 10.2 Å². The van der Waals surface area contributed by atoms with Crippen LogP contribution in [0.4, 0.5) is 0 Å². The van der Waals surface area contributed by atoms with Crippen LogP contribution in [0.25, 0.3) is 0 Å². The van der Waals surface area contributed by atoms with Crippen LogP contribution in [0.1, 0.15) is 43.1 Å². The van der Waals surface area contributed by atoms with Gasteiger partial charge in [-0.05, 0) is 32.3 Å². The van der Waals surface area contributed by atoms with E-state index in [-0.39, 0.29) is 16.7 Å². The van der Waals surface area contributed by atoms with Crippen molar-refractivity contribution in [3.8, 4) is 0 Å². The minimum Gasteiger partial charge on any atom is -0.355 e. The highest BCUT2D eigenvalue weighted by molar-refractivity contribution is 7.89. The monoisotopic (exact) mass is 439 g/mol. The maximum Gasteiger partial charge on any atom is 0.270 e. The van der Waals surface area contributed by atoms with Gasteiger partial charge in [-0.3, -0.25) is 14.5 Å². The molecule has 0 atom stereocenters.